The zero-order valence-corrected chi connectivity index (χ0v) is 20.1. The number of alkyl halides is 3. The predicted molar refractivity (Wildman–Crippen MR) is 129 cm³/mol. The Morgan fingerprint density at radius 1 is 0.838 bits per heavy atom. The minimum absolute atomic E-state index is 0.0519. The van der Waals surface area contributed by atoms with Crippen LogP contribution in [0, 0.1) is 5.92 Å². The van der Waals surface area contributed by atoms with E-state index in [1.54, 1.807) is 24.3 Å². The predicted octanol–water partition coefficient (Wildman–Crippen LogP) is 4.76. The molecule has 0 bridgehead atoms. The number of carboxylic acids is 1. The second-order valence-electron chi connectivity index (χ2n) is 9.54. The van der Waals surface area contributed by atoms with Gasteiger partial charge in [-0.3, -0.25) is 14.4 Å². The number of aliphatic carboxylic acids is 1. The minimum atomic E-state index is -4.46. The van der Waals surface area contributed by atoms with Gasteiger partial charge in [0.1, 0.15) is 5.75 Å². The van der Waals surface area contributed by atoms with Gasteiger partial charge in [0.2, 0.25) is 0 Å². The number of ether oxygens (including phenoxy) is 1. The first-order chi connectivity index (χ1) is 17.6. The molecular weight excluding hydrogens is 489 g/mol. The monoisotopic (exact) mass is 518 g/mol. The number of benzene rings is 2. The number of carboxylic acid groups (broad SMARTS) is 1. The molecule has 2 aliphatic carbocycles. The fraction of sp³-hybridized carbons (Fsp3) is 0.444. The quantitative estimate of drug-likeness (QED) is 0.415. The number of rotatable bonds is 9. The Bertz CT molecular complexity index is 1140. The third kappa shape index (κ3) is 7.02. The van der Waals surface area contributed by atoms with Crippen LogP contribution in [0.4, 0.5) is 13.2 Å². The van der Waals surface area contributed by atoms with Crippen molar-refractivity contribution >= 4 is 17.8 Å². The SMILES string of the molecule is O=C(NCCNC(=O)c1ccc(C(F)(F)F)c(C2CC2)c1)c1ccc(O[C@H]2CC[C@@H](C(=O)O)CC2)cc1. The van der Waals surface area contributed by atoms with Crippen LogP contribution in [0.2, 0.25) is 0 Å². The summed E-state index contributed by atoms with van der Waals surface area (Å²) in [5.41, 5.74) is 0.0351. The summed E-state index contributed by atoms with van der Waals surface area (Å²) in [6.45, 7) is 0.260. The van der Waals surface area contributed by atoms with Crippen LogP contribution in [-0.4, -0.2) is 42.1 Å². The van der Waals surface area contributed by atoms with E-state index in [9.17, 15) is 27.6 Å². The van der Waals surface area contributed by atoms with Crippen molar-refractivity contribution in [3.63, 3.8) is 0 Å². The Hall–Kier alpha value is -3.56. The minimum Gasteiger partial charge on any atom is -0.490 e. The van der Waals surface area contributed by atoms with Crippen LogP contribution in [0.1, 0.15) is 76.3 Å². The number of carbonyl (C=O) groups is 3. The van der Waals surface area contributed by atoms with E-state index in [0.29, 0.717) is 49.8 Å². The molecule has 0 aliphatic heterocycles. The molecule has 2 saturated carbocycles. The van der Waals surface area contributed by atoms with Crippen LogP contribution in [0.15, 0.2) is 42.5 Å². The summed E-state index contributed by atoms with van der Waals surface area (Å²) >= 11 is 0. The Labute approximate surface area is 212 Å². The Kier molecular flexibility index (Phi) is 8.04. The molecule has 2 aliphatic rings. The number of nitrogens with one attached hydrogen (secondary N) is 2. The Morgan fingerprint density at radius 2 is 1.41 bits per heavy atom. The van der Waals surface area contributed by atoms with E-state index in [-0.39, 0.29) is 48.1 Å². The van der Waals surface area contributed by atoms with Crippen LogP contribution in [0.25, 0.3) is 0 Å². The molecule has 2 fully saturated rings. The van der Waals surface area contributed by atoms with Gasteiger partial charge in [-0.2, -0.15) is 13.2 Å². The third-order valence-corrected chi connectivity index (χ3v) is 6.78. The number of hydrogen-bond donors (Lipinski definition) is 3. The first-order valence-corrected chi connectivity index (χ1v) is 12.4. The molecule has 3 N–H and O–H groups in total. The fourth-order valence-electron chi connectivity index (χ4n) is 4.56. The molecule has 0 aromatic heterocycles. The fourth-order valence-corrected chi connectivity index (χ4v) is 4.56. The maximum atomic E-state index is 13.2. The van der Waals surface area contributed by atoms with Crippen LogP contribution < -0.4 is 15.4 Å². The van der Waals surface area contributed by atoms with Crippen LogP contribution in [0.5, 0.6) is 5.75 Å². The normalized spacial score (nSPS) is 19.6. The highest BCUT2D eigenvalue weighted by molar-refractivity contribution is 5.95. The summed E-state index contributed by atoms with van der Waals surface area (Å²) < 4.78 is 45.6. The van der Waals surface area contributed by atoms with Gasteiger partial charge in [-0.15, -0.1) is 0 Å². The van der Waals surface area contributed by atoms with Gasteiger partial charge < -0.3 is 20.5 Å². The number of amides is 2. The molecule has 7 nitrogen and oxygen atoms in total. The lowest BCUT2D eigenvalue weighted by Gasteiger charge is -2.26. The molecule has 2 amide bonds. The average Bonchev–Trinajstić information content (AvgIpc) is 3.72. The van der Waals surface area contributed by atoms with E-state index in [0.717, 1.165) is 6.07 Å². The molecular formula is C27H29F3N2O5. The van der Waals surface area contributed by atoms with Gasteiger partial charge in [0, 0.05) is 24.2 Å². The second-order valence-corrected chi connectivity index (χ2v) is 9.54. The molecule has 2 aromatic carbocycles. The molecule has 10 heteroatoms. The van der Waals surface area contributed by atoms with E-state index in [1.165, 1.54) is 12.1 Å². The summed E-state index contributed by atoms with van der Waals surface area (Å²) in [7, 11) is 0. The van der Waals surface area contributed by atoms with Gasteiger partial charge in [0.05, 0.1) is 17.6 Å². The first-order valence-electron chi connectivity index (χ1n) is 12.4. The van der Waals surface area contributed by atoms with E-state index < -0.39 is 23.6 Å². The van der Waals surface area contributed by atoms with Gasteiger partial charge in [0.15, 0.2) is 0 Å². The highest BCUT2D eigenvalue weighted by atomic mass is 19.4. The molecule has 0 heterocycles. The summed E-state index contributed by atoms with van der Waals surface area (Å²) in [5.74, 6) is -1.48. The van der Waals surface area contributed by atoms with Crippen molar-refractivity contribution in [3.05, 3.63) is 64.7 Å². The molecule has 0 unspecified atom stereocenters. The topological polar surface area (TPSA) is 105 Å². The maximum Gasteiger partial charge on any atom is 0.416 e. The van der Waals surface area contributed by atoms with E-state index in [4.69, 9.17) is 9.84 Å². The summed E-state index contributed by atoms with van der Waals surface area (Å²) in [5, 5.41) is 14.4. The van der Waals surface area contributed by atoms with E-state index >= 15 is 0 Å². The molecule has 0 atom stereocenters. The largest absolute Gasteiger partial charge is 0.490 e. The van der Waals surface area contributed by atoms with Crippen molar-refractivity contribution in [2.24, 2.45) is 5.92 Å². The lowest BCUT2D eigenvalue weighted by molar-refractivity contribution is -0.143. The Morgan fingerprint density at radius 3 is 1.95 bits per heavy atom. The first kappa shape index (κ1) is 26.5. The van der Waals surface area contributed by atoms with Crippen LogP contribution in [0.3, 0.4) is 0 Å². The molecule has 4 rings (SSSR count). The zero-order chi connectivity index (χ0) is 26.6. The van der Waals surface area contributed by atoms with Crippen LogP contribution >= 0.6 is 0 Å². The van der Waals surface area contributed by atoms with Gasteiger partial charge >= 0.3 is 12.1 Å². The van der Waals surface area contributed by atoms with E-state index in [2.05, 4.69) is 10.6 Å². The highest BCUT2D eigenvalue weighted by Crippen LogP contribution is 2.46. The van der Waals surface area contributed by atoms with Crippen molar-refractivity contribution < 1.29 is 37.4 Å². The zero-order valence-electron chi connectivity index (χ0n) is 20.1. The summed E-state index contributed by atoms with van der Waals surface area (Å²) in [4.78, 5) is 35.9. The number of halogens is 3. The second kappa shape index (κ2) is 11.2. The Balaban J connectivity index is 1.21. The van der Waals surface area contributed by atoms with Crippen molar-refractivity contribution in [2.75, 3.05) is 13.1 Å². The maximum absolute atomic E-state index is 13.2. The van der Waals surface area contributed by atoms with Crippen molar-refractivity contribution in [2.45, 2.75) is 56.7 Å². The molecule has 0 spiro atoms. The summed E-state index contributed by atoms with van der Waals surface area (Å²) in [6.07, 6.45) is -0.650. The van der Waals surface area contributed by atoms with Crippen LogP contribution in [-0.2, 0) is 11.0 Å². The molecule has 0 radical (unpaired) electrons. The molecule has 198 valence electrons. The van der Waals surface area contributed by atoms with Crippen molar-refractivity contribution in [1.29, 1.82) is 0 Å². The smallest absolute Gasteiger partial charge is 0.416 e. The third-order valence-electron chi connectivity index (χ3n) is 6.78. The number of hydrogen-bond acceptors (Lipinski definition) is 4. The van der Waals surface area contributed by atoms with Crippen molar-refractivity contribution in [3.8, 4) is 5.75 Å². The standard InChI is InChI=1S/C27H29F3N2O5/c28-27(29,30)23-12-7-19(15-22(23)16-1-2-16)25(34)32-14-13-31-24(33)17-3-8-20(9-4-17)37-21-10-5-18(6-11-21)26(35)36/h3-4,7-9,12,15-16,18,21H,1-2,5-6,10-11,13-14H2,(H,31,33)(H,32,34)(H,35,36)/t18-,21+. The lowest BCUT2D eigenvalue weighted by Crippen LogP contribution is -2.34. The molecule has 37 heavy (non-hydrogen) atoms. The number of carbonyl (C=O) groups excluding carboxylic acids is 2. The average molecular weight is 519 g/mol. The summed E-state index contributed by atoms with van der Waals surface area (Å²) in [6, 6.07) is 10.0. The lowest BCUT2D eigenvalue weighted by atomic mass is 9.87. The van der Waals surface area contributed by atoms with Gasteiger partial charge in [-0.1, -0.05) is 0 Å². The van der Waals surface area contributed by atoms with Gasteiger partial charge in [-0.25, -0.2) is 0 Å². The molecule has 0 saturated heterocycles. The van der Waals surface area contributed by atoms with Crippen molar-refractivity contribution in [1.82, 2.24) is 10.6 Å². The molecule has 2 aromatic rings. The van der Waals surface area contributed by atoms with Gasteiger partial charge in [-0.05, 0) is 92.5 Å². The highest BCUT2D eigenvalue weighted by Gasteiger charge is 2.38. The van der Waals surface area contributed by atoms with E-state index in [1.807, 2.05) is 0 Å². The van der Waals surface area contributed by atoms with Gasteiger partial charge in [0.25, 0.3) is 11.8 Å².